The number of hydrogen-bond acceptors (Lipinski definition) is 5. The van der Waals surface area contributed by atoms with Gasteiger partial charge in [0, 0.05) is 0 Å². The van der Waals surface area contributed by atoms with Crippen molar-refractivity contribution in [3.63, 3.8) is 0 Å². The average Bonchev–Trinajstić information content (AvgIpc) is 2.48. The maximum atomic E-state index is 11.6. The smallest absolute Gasteiger partial charge is 0.478 e. The summed E-state index contributed by atoms with van der Waals surface area (Å²) >= 11 is 0. The maximum Gasteiger partial charge on any atom is 0.513 e. The second-order valence-corrected chi connectivity index (χ2v) is 5.00. The first kappa shape index (κ1) is 17.8. The van der Waals surface area contributed by atoms with Crippen molar-refractivity contribution in [2.75, 3.05) is 12.3 Å². The van der Waals surface area contributed by atoms with Crippen LogP contribution in [0.5, 0.6) is 5.75 Å². The topological polar surface area (TPSA) is 98.9 Å². The van der Waals surface area contributed by atoms with Gasteiger partial charge in [0.15, 0.2) is 5.75 Å². The minimum absolute atomic E-state index is 0.0800. The van der Waals surface area contributed by atoms with Crippen molar-refractivity contribution < 1.29 is 24.2 Å². The Morgan fingerprint density at radius 2 is 1.82 bits per heavy atom. The lowest BCUT2D eigenvalue weighted by atomic mass is 10.1. The van der Waals surface area contributed by atoms with E-state index in [2.05, 4.69) is 6.92 Å². The number of anilines is 1. The van der Waals surface area contributed by atoms with Gasteiger partial charge < -0.3 is 20.3 Å². The Bertz CT molecular complexity index is 501. The molecule has 1 rings (SSSR count). The number of carboxylic acid groups (broad SMARTS) is 1. The number of nitrogen functional groups attached to an aromatic ring is 1. The van der Waals surface area contributed by atoms with E-state index < -0.39 is 12.1 Å². The number of carboxylic acids is 1. The van der Waals surface area contributed by atoms with Crippen LogP contribution in [0.25, 0.3) is 0 Å². The Kier molecular flexibility index (Phi) is 7.81. The van der Waals surface area contributed by atoms with Gasteiger partial charge in [0.25, 0.3) is 0 Å². The van der Waals surface area contributed by atoms with Crippen LogP contribution in [-0.2, 0) is 4.74 Å². The Balaban J connectivity index is 2.38. The van der Waals surface area contributed by atoms with E-state index in [0.717, 1.165) is 19.3 Å². The minimum Gasteiger partial charge on any atom is -0.478 e. The Morgan fingerprint density at radius 1 is 1.14 bits per heavy atom. The van der Waals surface area contributed by atoms with Gasteiger partial charge in [-0.25, -0.2) is 9.59 Å². The summed E-state index contributed by atoms with van der Waals surface area (Å²) in [5.74, 6) is -1.39. The van der Waals surface area contributed by atoms with Crippen molar-refractivity contribution >= 4 is 17.8 Å². The van der Waals surface area contributed by atoms with E-state index in [4.69, 9.17) is 20.3 Å². The highest BCUT2D eigenvalue weighted by atomic mass is 16.7. The number of unbranched alkanes of at least 4 members (excludes halogenated alkanes) is 5. The first-order valence-electron chi connectivity index (χ1n) is 7.52. The van der Waals surface area contributed by atoms with E-state index in [1.807, 2.05) is 0 Å². The van der Waals surface area contributed by atoms with E-state index in [9.17, 15) is 9.59 Å². The van der Waals surface area contributed by atoms with Gasteiger partial charge in [-0.2, -0.15) is 0 Å². The molecular formula is C16H23NO5. The molecule has 0 spiro atoms. The molecule has 122 valence electrons. The molecule has 6 heteroatoms. The number of ether oxygens (including phenoxy) is 2. The van der Waals surface area contributed by atoms with Gasteiger partial charge in [-0.05, 0) is 18.6 Å². The van der Waals surface area contributed by atoms with E-state index in [0.29, 0.717) is 0 Å². The lowest BCUT2D eigenvalue weighted by Gasteiger charge is -2.10. The zero-order valence-corrected chi connectivity index (χ0v) is 12.8. The summed E-state index contributed by atoms with van der Waals surface area (Å²) in [5, 5.41) is 9.03. The molecule has 0 aromatic heterocycles. The quantitative estimate of drug-likeness (QED) is 0.311. The minimum atomic E-state index is -1.22. The summed E-state index contributed by atoms with van der Waals surface area (Å²) in [6.45, 7) is 2.40. The fraction of sp³-hybridized carbons (Fsp3) is 0.500. The van der Waals surface area contributed by atoms with Gasteiger partial charge in [-0.15, -0.1) is 0 Å². The number of benzene rings is 1. The van der Waals surface area contributed by atoms with Gasteiger partial charge in [0.05, 0.1) is 12.3 Å². The summed E-state index contributed by atoms with van der Waals surface area (Å²) in [6, 6.07) is 4.26. The third kappa shape index (κ3) is 6.03. The van der Waals surface area contributed by atoms with Crippen molar-refractivity contribution in [1.29, 1.82) is 0 Å². The van der Waals surface area contributed by atoms with Crippen LogP contribution in [0.2, 0.25) is 0 Å². The van der Waals surface area contributed by atoms with Crippen LogP contribution < -0.4 is 10.5 Å². The number of nitrogens with two attached hydrogens (primary N) is 1. The van der Waals surface area contributed by atoms with Crippen LogP contribution in [-0.4, -0.2) is 23.8 Å². The lowest BCUT2D eigenvalue weighted by molar-refractivity contribution is 0.0689. The average molecular weight is 309 g/mol. The van der Waals surface area contributed by atoms with Crippen molar-refractivity contribution in [3.05, 3.63) is 23.8 Å². The highest BCUT2D eigenvalue weighted by Crippen LogP contribution is 2.26. The van der Waals surface area contributed by atoms with Gasteiger partial charge in [0.1, 0.15) is 5.56 Å². The van der Waals surface area contributed by atoms with Gasteiger partial charge >= 0.3 is 12.1 Å². The molecule has 0 saturated heterocycles. The standard InChI is InChI=1S/C16H23NO5/c1-2-3-4-5-6-7-11-21-16(20)22-14-12(15(18)19)9-8-10-13(14)17/h8-10H,2-7,11,17H2,1H3,(H,18,19). The molecule has 0 aliphatic heterocycles. The SMILES string of the molecule is CCCCCCCCOC(=O)Oc1c(N)cccc1C(=O)O. The molecule has 0 bridgehead atoms. The molecule has 0 saturated carbocycles. The number of rotatable bonds is 9. The monoisotopic (exact) mass is 309 g/mol. The number of carbonyl (C=O) groups is 2. The number of aromatic carboxylic acids is 1. The third-order valence-electron chi connectivity index (χ3n) is 3.18. The van der Waals surface area contributed by atoms with Gasteiger partial charge in [-0.3, -0.25) is 0 Å². The van der Waals surface area contributed by atoms with Crippen LogP contribution in [0.3, 0.4) is 0 Å². The molecule has 0 amide bonds. The second kappa shape index (κ2) is 9.65. The molecular weight excluding hydrogens is 286 g/mol. The predicted octanol–water partition coefficient (Wildman–Crippen LogP) is 3.84. The van der Waals surface area contributed by atoms with Gasteiger partial charge in [0.2, 0.25) is 0 Å². The molecule has 0 heterocycles. The highest BCUT2D eigenvalue weighted by molar-refractivity contribution is 5.94. The Labute approximate surface area is 130 Å². The molecule has 0 fully saturated rings. The van der Waals surface area contributed by atoms with Crippen LogP contribution in [0.4, 0.5) is 10.5 Å². The summed E-state index contributed by atoms with van der Waals surface area (Å²) in [7, 11) is 0. The van der Waals surface area contributed by atoms with E-state index >= 15 is 0 Å². The van der Waals surface area contributed by atoms with Crippen LogP contribution in [0.1, 0.15) is 55.8 Å². The zero-order chi connectivity index (χ0) is 16.4. The number of carbonyl (C=O) groups excluding carboxylic acids is 1. The van der Waals surface area contributed by atoms with E-state index in [1.54, 1.807) is 0 Å². The van der Waals surface area contributed by atoms with Gasteiger partial charge in [-0.1, -0.05) is 45.1 Å². The maximum absolute atomic E-state index is 11.6. The molecule has 0 aliphatic carbocycles. The normalized spacial score (nSPS) is 10.2. The first-order chi connectivity index (χ1) is 10.6. The van der Waals surface area contributed by atoms with E-state index in [1.165, 1.54) is 37.5 Å². The van der Waals surface area contributed by atoms with Crippen LogP contribution >= 0.6 is 0 Å². The largest absolute Gasteiger partial charge is 0.513 e. The van der Waals surface area contributed by atoms with Crippen LogP contribution in [0, 0.1) is 0 Å². The summed E-state index contributed by atoms with van der Waals surface area (Å²) in [4.78, 5) is 22.6. The fourth-order valence-electron chi connectivity index (χ4n) is 1.99. The second-order valence-electron chi connectivity index (χ2n) is 5.00. The van der Waals surface area contributed by atoms with Crippen LogP contribution in [0.15, 0.2) is 18.2 Å². The third-order valence-corrected chi connectivity index (χ3v) is 3.18. The van der Waals surface area contributed by atoms with Crippen molar-refractivity contribution in [1.82, 2.24) is 0 Å². The summed E-state index contributed by atoms with van der Waals surface area (Å²) in [5.41, 5.74) is 5.54. The molecule has 0 unspecified atom stereocenters. The first-order valence-corrected chi connectivity index (χ1v) is 7.52. The van der Waals surface area contributed by atoms with Crippen molar-refractivity contribution in [3.8, 4) is 5.75 Å². The van der Waals surface area contributed by atoms with E-state index in [-0.39, 0.29) is 23.6 Å². The molecule has 22 heavy (non-hydrogen) atoms. The lowest BCUT2D eigenvalue weighted by Crippen LogP contribution is -2.15. The van der Waals surface area contributed by atoms with Crippen molar-refractivity contribution in [2.24, 2.45) is 0 Å². The molecule has 1 aromatic rings. The zero-order valence-electron chi connectivity index (χ0n) is 12.8. The molecule has 1 aromatic carbocycles. The number of para-hydroxylation sites is 1. The summed E-state index contributed by atoms with van der Waals surface area (Å²) in [6.07, 6.45) is 5.51. The predicted molar refractivity (Wildman–Crippen MR) is 83.2 cm³/mol. The Hall–Kier alpha value is -2.24. The molecule has 3 N–H and O–H groups in total. The molecule has 6 nitrogen and oxygen atoms in total. The number of hydrogen-bond donors (Lipinski definition) is 2. The molecule has 0 aliphatic rings. The Morgan fingerprint density at radius 3 is 2.50 bits per heavy atom. The highest BCUT2D eigenvalue weighted by Gasteiger charge is 2.17. The summed E-state index contributed by atoms with van der Waals surface area (Å²) < 4.78 is 9.85. The van der Waals surface area contributed by atoms with Crippen molar-refractivity contribution in [2.45, 2.75) is 45.4 Å². The fourth-order valence-corrected chi connectivity index (χ4v) is 1.99. The molecule has 0 radical (unpaired) electrons. The molecule has 0 atom stereocenters.